The summed E-state index contributed by atoms with van der Waals surface area (Å²) in [7, 11) is 0. The molecule has 0 saturated carbocycles. The largest absolute Gasteiger partial charge is 0.368 e. The first kappa shape index (κ1) is 14.6. The van der Waals surface area contributed by atoms with Crippen LogP contribution in [0, 0.1) is 0 Å². The van der Waals surface area contributed by atoms with E-state index in [0.717, 1.165) is 16.2 Å². The molecule has 4 heteroatoms. The zero-order chi connectivity index (χ0) is 14.4. The van der Waals surface area contributed by atoms with E-state index in [2.05, 4.69) is 0 Å². The van der Waals surface area contributed by atoms with Gasteiger partial charge in [0.25, 0.3) is 0 Å². The van der Waals surface area contributed by atoms with E-state index in [1.165, 1.54) is 0 Å². The minimum Gasteiger partial charge on any atom is -0.368 e. The lowest BCUT2D eigenvalue weighted by Gasteiger charge is -2.26. The van der Waals surface area contributed by atoms with Crippen molar-refractivity contribution in [3.05, 3.63) is 66.2 Å². The highest BCUT2D eigenvalue weighted by Crippen LogP contribution is 2.26. The van der Waals surface area contributed by atoms with Crippen LogP contribution in [0.15, 0.2) is 65.6 Å². The van der Waals surface area contributed by atoms with Gasteiger partial charge in [-0.15, -0.1) is 11.8 Å². The Hall–Kier alpha value is -1.78. The molecule has 20 heavy (non-hydrogen) atoms. The molecule has 0 aromatic heterocycles. The average molecular weight is 286 g/mol. The molecule has 0 aliphatic carbocycles. The number of hydrogen-bond donors (Lipinski definition) is 2. The summed E-state index contributed by atoms with van der Waals surface area (Å²) >= 11 is 1.67. The fraction of sp³-hybridized carbons (Fsp3) is 0.188. The van der Waals surface area contributed by atoms with Gasteiger partial charge < -0.3 is 11.5 Å². The van der Waals surface area contributed by atoms with Gasteiger partial charge in [-0.2, -0.15) is 0 Å². The Labute approximate surface area is 123 Å². The molecule has 1 amide bonds. The Morgan fingerprint density at radius 3 is 2.10 bits per heavy atom. The summed E-state index contributed by atoms with van der Waals surface area (Å²) < 4.78 is 0. The number of hydrogen-bond acceptors (Lipinski definition) is 3. The monoisotopic (exact) mass is 286 g/mol. The van der Waals surface area contributed by atoms with Gasteiger partial charge in [-0.1, -0.05) is 48.5 Å². The Bertz CT molecular complexity index is 559. The second kappa shape index (κ2) is 6.59. The summed E-state index contributed by atoms with van der Waals surface area (Å²) in [4.78, 5) is 12.9. The molecule has 2 aromatic rings. The number of benzene rings is 2. The summed E-state index contributed by atoms with van der Waals surface area (Å²) in [6.07, 6.45) is 0.506. The van der Waals surface area contributed by atoms with Crippen LogP contribution in [0.3, 0.4) is 0 Å². The molecule has 1 unspecified atom stereocenters. The van der Waals surface area contributed by atoms with Crippen LogP contribution in [0.2, 0.25) is 0 Å². The summed E-state index contributed by atoms with van der Waals surface area (Å²) in [5.74, 6) is 0.246. The van der Waals surface area contributed by atoms with Gasteiger partial charge in [0.15, 0.2) is 0 Å². The van der Waals surface area contributed by atoms with Crippen LogP contribution in [0.4, 0.5) is 0 Å². The molecule has 0 radical (unpaired) electrons. The molecule has 0 spiro atoms. The lowest BCUT2D eigenvalue weighted by Crippen LogP contribution is -2.49. The molecular formula is C16H18N2OS. The van der Waals surface area contributed by atoms with E-state index < -0.39 is 11.4 Å². The molecule has 0 heterocycles. The molecule has 104 valence electrons. The predicted octanol–water partition coefficient (Wildman–Crippen LogP) is 2.51. The van der Waals surface area contributed by atoms with Crippen LogP contribution in [0.5, 0.6) is 0 Å². The summed E-state index contributed by atoms with van der Waals surface area (Å²) in [5.41, 5.74) is 11.4. The number of thioether (sulfide) groups is 1. The first-order valence-corrected chi connectivity index (χ1v) is 7.43. The van der Waals surface area contributed by atoms with Gasteiger partial charge in [-0.3, -0.25) is 4.79 Å². The van der Waals surface area contributed by atoms with E-state index in [9.17, 15) is 4.79 Å². The van der Waals surface area contributed by atoms with Gasteiger partial charge in [0.05, 0.1) is 0 Å². The van der Waals surface area contributed by atoms with Crippen molar-refractivity contribution in [2.75, 3.05) is 5.75 Å². The quantitative estimate of drug-likeness (QED) is 0.802. The smallest absolute Gasteiger partial charge is 0.242 e. The van der Waals surface area contributed by atoms with E-state index >= 15 is 0 Å². The van der Waals surface area contributed by atoms with Gasteiger partial charge in [0, 0.05) is 10.6 Å². The van der Waals surface area contributed by atoms with Crippen LogP contribution in [-0.2, 0) is 10.3 Å². The Kier molecular flexibility index (Phi) is 4.82. The molecule has 1 atom stereocenters. The third kappa shape index (κ3) is 3.40. The topological polar surface area (TPSA) is 69.1 Å². The maximum Gasteiger partial charge on any atom is 0.242 e. The average Bonchev–Trinajstić information content (AvgIpc) is 2.49. The lowest BCUT2D eigenvalue weighted by molar-refractivity contribution is -0.123. The van der Waals surface area contributed by atoms with E-state index in [4.69, 9.17) is 11.5 Å². The summed E-state index contributed by atoms with van der Waals surface area (Å²) in [6, 6.07) is 19.3. The third-order valence-corrected chi connectivity index (χ3v) is 4.25. The number of primary amides is 1. The molecule has 0 fully saturated rings. The van der Waals surface area contributed by atoms with Crippen molar-refractivity contribution in [1.29, 1.82) is 0 Å². The molecule has 0 saturated heterocycles. The molecule has 2 rings (SSSR count). The van der Waals surface area contributed by atoms with Gasteiger partial charge in [0.1, 0.15) is 5.54 Å². The molecule has 0 aliphatic heterocycles. The van der Waals surface area contributed by atoms with E-state index in [1.54, 1.807) is 11.8 Å². The maximum absolute atomic E-state index is 11.8. The Morgan fingerprint density at radius 2 is 1.55 bits per heavy atom. The number of carbonyl (C=O) groups excluding carboxylic acids is 1. The van der Waals surface area contributed by atoms with Crippen LogP contribution in [0.1, 0.15) is 12.0 Å². The molecule has 0 aliphatic rings. The molecule has 2 aromatic carbocycles. The maximum atomic E-state index is 11.8. The predicted molar refractivity (Wildman–Crippen MR) is 83.3 cm³/mol. The number of carbonyl (C=O) groups is 1. The molecule has 0 bridgehead atoms. The second-order valence-electron chi connectivity index (χ2n) is 4.61. The Morgan fingerprint density at radius 1 is 1.00 bits per heavy atom. The van der Waals surface area contributed by atoms with Gasteiger partial charge in [-0.25, -0.2) is 0 Å². The number of nitrogens with two attached hydrogens (primary N) is 2. The normalized spacial score (nSPS) is 13.7. The standard InChI is InChI=1S/C16H18N2OS/c17-15(19)16(18,13-7-3-1-4-8-13)11-12-20-14-9-5-2-6-10-14/h1-10H,11-12,18H2,(H2,17,19). The van der Waals surface area contributed by atoms with Crippen LogP contribution < -0.4 is 11.5 Å². The fourth-order valence-electron chi connectivity index (χ4n) is 1.99. The highest BCUT2D eigenvalue weighted by Gasteiger charge is 2.33. The SMILES string of the molecule is NC(=O)C(N)(CCSc1ccccc1)c1ccccc1. The van der Waals surface area contributed by atoms with Crippen molar-refractivity contribution < 1.29 is 4.79 Å². The third-order valence-electron chi connectivity index (χ3n) is 3.24. The van der Waals surface area contributed by atoms with Gasteiger partial charge in [0.2, 0.25) is 5.91 Å². The summed E-state index contributed by atoms with van der Waals surface area (Å²) in [5, 5.41) is 0. The highest BCUT2D eigenvalue weighted by atomic mass is 32.2. The van der Waals surface area contributed by atoms with Crippen molar-refractivity contribution >= 4 is 17.7 Å². The molecule has 3 nitrogen and oxygen atoms in total. The van der Waals surface area contributed by atoms with Crippen molar-refractivity contribution in [3.63, 3.8) is 0 Å². The van der Waals surface area contributed by atoms with Crippen molar-refractivity contribution in [2.45, 2.75) is 16.9 Å². The zero-order valence-corrected chi connectivity index (χ0v) is 12.0. The zero-order valence-electron chi connectivity index (χ0n) is 11.2. The second-order valence-corrected chi connectivity index (χ2v) is 5.78. The van der Waals surface area contributed by atoms with Crippen LogP contribution >= 0.6 is 11.8 Å². The lowest BCUT2D eigenvalue weighted by atomic mass is 9.88. The molecule has 4 N–H and O–H groups in total. The van der Waals surface area contributed by atoms with E-state index in [0.29, 0.717) is 6.42 Å². The Balaban J connectivity index is 2.05. The summed E-state index contributed by atoms with van der Waals surface area (Å²) in [6.45, 7) is 0. The highest BCUT2D eigenvalue weighted by molar-refractivity contribution is 7.99. The van der Waals surface area contributed by atoms with Crippen molar-refractivity contribution in [1.82, 2.24) is 0 Å². The van der Waals surface area contributed by atoms with E-state index in [-0.39, 0.29) is 0 Å². The minimum absolute atomic E-state index is 0.489. The van der Waals surface area contributed by atoms with Crippen LogP contribution in [-0.4, -0.2) is 11.7 Å². The van der Waals surface area contributed by atoms with E-state index in [1.807, 2.05) is 60.7 Å². The number of rotatable bonds is 6. The minimum atomic E-state index is -1.11. The first-order chi connectivity index (χ1) is 9.63. The first-order valence-electron chi connectivity index (χ1n) is 6.45. The number of amides is 1. The fourth-order valence-corrected chi connectivity index (χ4v) is 3.00. The van der Waals surface area contributed by atoms with Gasteiger partial charge >= 0.3 is 0 Å². The van der Waals surface area contributed by atoms with Crippen molar-refractivity contribution in [2.24, 2.45) is 11.5 Å². The molecular weight excluding hydrogens is 268 g/mol. The van der Waals surface area contributed by atoms with Crippen molar-refractivity contribution in [3.8, 4) is 0 Å². The van der Waals surface area contributed by atoms with Crippen LogP contribution in [0.25, 0.3) is 0 Å². The van der Waals surface area contributed by atoms with Gasteiger partial charge in [-0.05, 0) is 24.1 Å².